The molecule has 1 aliphatic carbocycles. The van der Waals surface area contributed by atoms with E-state index in [1.165, 1.54) is 0 Å². The van der Waals surface area contributed by atoms with Crippen LogP contribution in [0.5, 0.6) is 0 Å². The zero-order valence-electron chi connectivity index (χ0n) is 22.8. The Kier molecular flexibility index (Phi) is 7.22. The average molecular weight is 551 g/mol. The number of rotatable bonds is 6. The van der Waals surface area contributed by atoms with E-state index in [2.05, 4.69) is 0 Å². The summed E-state index contributed by atoms with van der Waals surface area (Å²) in [4.78, 5) is 0. The molecule has 0 bridgehead atoms. The molecule has 0 saturated heterocycles. The first-order valence-corrected chi connectivity index (χ1v) is 13.8. The summed E-state index contributed by atoms with van der Waals surface area (Å²) in [5.74, 6) is -2.98. The van der Waals surface area contributed by atoms with Gasteiger partial charge >= 0.3 is 0 Å². The second kappa shape index (κ2) is 11.3. The van der Waals surface area contributed by atoms with Crippen molar-refractivity contribution in [2.45, 2.75) is 11.5 Å². The molecule has 0 saturated carbocycles. The van der Waals surface area contributed by atoms with Crippen molar-refractivity contribution in [2.75, 3.05) is 0 Å². The highest BCUT2D eigenvalue weighted by molar-refractivity contribution is 6.04. The molecule has 206 valence electrons. The SMILES string of the molecule is OC1=C(c2ccccc2)C(c2ccccc2)C(O)(C(=C(c2ccccc2)c2ccccc2)c2ccccc2)C(O)=C1O. The summed E-state index contributed by atoms with van der Waals surface area (Å²) in [6.45, 7) is 0. The van der Waals surface area contributed by atoms with Crippen LogP contribution < -0.4 is 0 Å². The number of aliphatic hydroxyl groups excluding tert-OH is 3. The Labute approximate surface area is 245 Å². The number of aliphatic hydroxyl groups is 4. The smallest absolute Gasteiger partial charge is 0.199 e. The molecule has 0 fully saturated rings. The molecule has 5 aromatic rings. The Balaban J connectivity index is 1.80. The van der Waals surface area contributed by atoms with Crippen molar-refractivity contribution in [1.29, 1.82) is 0 Å². The van der Waals surface area contributed by atoms with Gasteiger partial charge in [0.15, 0.2) is 22.9 Å². The molecule has 4 N–H and O–H groups in total. The zero-order chi connectivity index (χ0) is 29.1. The highest BCUT2D eigenvalue weighted by atomic mass is 16.4. The van der Waals surface area contributed by atoms with Gasteiger partial charge in [0, 0.05) is 11.1 Å². The van der Waals surface area contributed by atoms with Crippen LogP contribution in [-0.2, 0) is 0 Å². The van der Waals surface area contributed by atoms with E-state index in [0.717, 1.165) is 11.1 Å². The maximum absolute atomic E-state index is 13.3. The monoisotopic (exact) mass is 550 g/mol. The third kappa shape index (κ3) is 4.58. The molecule has 0 spiro atoms. The Morgan fingerprint density at radius 1 is 0.476 bits per heavy atom. The lowest BCUT2D eigenvalue weighted by atomic mass is 9.64. The van der Waals surface area contributed by atoms with Crippen LogP contribution in [0.4, 0.5) is 0 Å². The number of hydrogen-bond acceptors (Lipinski definition) is 4. The molecule has 0 heterocycles. The molecule has 0 aliphatic heterocycles. The lowest BCUT2D eigenvalue weighted by molar-refractivity contribution is 0.0628. The van der Waals surface area contributed by atoms with Crippen molar-refractivity contribution >= 4 is 16.7 Å². The van der Waals surface area contributed by atoms with Crippen LogP contribution in [0, 0.1) is 0 Å². The molecule has 2 atom stereocenters. The molecular formula is C38H30O4. The van der Waals surface area contributed by atoms with Crippen molar-refractivity contribution < 1.29 is 20.4 Å². The van der Waals surface area contributed by atoms with Gasteiger partial charge in [0.25, 0.3) is 0 Å². The quantitative estimate of drug-likeness (QED) is 0.160. The van der Waals surface area contributed by atoms with E-state index < -0.39 is 28.8 Å². The lowest BCUT2D eigenvalue weighted by Crippen LogP contribution is -2.44. The normalized spacial score (nSPS) is 18.5. The average Bonchev–Trinajstić information content (AvgIpc) is 3.06. The van der Waals surface area contributed by atoms with E-state index in [9.17, 15) is 20.4 Å². The fraction of sp³-hybridized carbons (Fsp3) is 0.0526. The molecule has 0 aromatic heterocycles. The summed E-state index contributed by atoms with van der Waals surface area (Å²) in [5, 5.41) is 48.0. The van der Waals surface area contributed by atoms with Gasteiger partial charge in [-0.25, -0.2) is 0 Å². The van der Waals surface area contributed by atoms with E-state index in [4.69, 9.17) is 0 Å². The second-order valence-corrected chi connectivity index (χ2v) is 10.3. The number of benzene rings is 5. The van der Waals surface area contributed by atoms with Crippen LogP contribution in [-0.4, -0.2) is 26.0 Å². The molecule has 42 heavy (non-hydrogen) atoms. The van der Waals surface area contributed by atoms with Gasteiger partial charge < -0.3 is 20.4 Å². The first kappa shape index (κ1) is 26.9. The Hall–Kier alpha value is -5.32. The van der Waals surface area contributed by atoms with Crippen molar-refractivity contribution in [3.8, 4) is 0 Å². The molecule has 0 amide bonds. The summed E-state index contributed by atoms with van der Waals surface area (Å²) in [6, 6.07) is 47.2. The van der Waals surface area contributed by atoms with Gasteiger partial charge in [-0.05, 0) is 33.4 Å². The van der Waals surface area contributed by atoms with Crippen molar-refractivity contribution in [2.24, 2.45) is 0 Å². The van der Waals surface area contributed by atoms with Crippen molar-refractivity contribution in [3.05, 3.63) is 197 Å². The van der Waals surface area contributed by atoms with Crippen LogP contribution in [0.15, 0.2) is 169 Å². The Morgan fingerprint density at radius 3 is 1.36 bits per heavy atom. The van der Waals surface area contributed by atoms with Gasteiger partial charge in [0.05, 0.1) is 5.92 Å². The summed E-state index contributed by atoms with van der Waals surface area (Å²) in [6.07, 6.45) is 0. The molecule has 4 heteroatoms. The highest BCUT2D eigenvalue weighted by Crippen LogP contribution is 2.56. The largest absolute Gasteiger partial charge is 0.506 e. The Morgan fingerprint density at radius 2 is 0.881 bits per heavy atom. The fourth-order valence-corrected chi connectivity index (χ4v) is 5.96. The summed E-state index contributed by atoms with van der Waals surface area (Å²) in [7, 11) is 0. The van der Waals surface area contributed by atoms with Gasteiger partial charge in [-0.15, -0.1) is 0 Å². The molecule has 1 aliphatic rings. The first-order chi connectivity index (χ1) is 20.5. The van der Waals surface area contributed by atoms with Crippen LogP contribution in [0.2, 0.25) is 0 Å². The van der Waals surface area contributed by atoms with Gasteiger partial charge in [0.2, 0.25) is 0 Å². The molecule has 2 unspecified atom stereocenters. The minimum atomic E-state index is -2.22. The fourth-order valence-electron chi connectivity index (χ4n) is 5.96. The molecule has 6 rings (SSSR count). The van der Waals surface area contributed by atoms with Crippen molar-refractivity contribution in [1.82, 2.24) is 0 Å². The predicted molar refractivity (Wildman–Crippen MR) is 168 cm³/mol. The standard InChI is InChI=1S/C38H30O4/c39-35-32(28-20-10-3-11-21-28)34(30-24-14-5-15-25-30)38(42,37(41)36(35)40)33(29-22-12-4-13-23-29)31(26-16-6-1-7-17-26)27-18-8-2-9-19-27/h1-25,34,39-42H. The maximum atomic E-state index is 13.3. The van der Waals surface area contributed by atoms with E-state index >= 15 is 0 Å². The zero-order valence-corrected chi connectivity index (χ0v) is 22.8. The van der Waals surface area contributed by atoms with Crippen LogP contribution in [0.25, 0.3) is 16.7 Å². The van der Waals surface area contributed by atoms with E-state index in [1.807, 2.05) is 152 Å². The molecule has 5 aromatic carbocycles. The van der Waals surface area contributed by atoms with Crippen LogP contribution in [0.3, 0.4) is 0 Å². The third-order valence-corrected chi connectivity index (χ3v) is 7.81. The van der Waals surface area contributed by atoms with Gasteiger partial charge in [-0.1, -0.05) is 152 Å². The van der Waals surface area contributed by atoms with Crippen LogP contribution >= 0.6 is 0 Å². The third-order valence-electron chi connectivity index (χ3n) is 7.81. The lowest BCUT2D eigenvalue weighted by Gasteiger charge is -2.43. The molecular weight excluding hydrogens is 520 g/mol. The van der Waals surface area contributed by atoms with E-state index in [1.54, 1.807) is 0 Å². The molecule has 0 radical (unpaired) electrons. The van der Waals surface area contributed by atoms with Crippen molar-refractivity contribution in [3.63, 3.8) is 0 Å². The topological polar surface area (TPSA) is 80.9 Å². The Bertz CT molecular complexity index is 1730. The van der Waals surface area contributed by atoms with Gasteiger partial charge in [-0.3, -0.25) is 0 Å². The highest BCUT2D eigenvalue weighted by Gasteiger charge is 2.54. The van der Waals surface area contributed by atoms with Gasteiger partial charge in [-0.2, -0.15) is 0 Å². The van der Waals surface area contributed by atoms with Crippen LogP contribution in [0.1, 0.15) is 33.7 Å². The first-order valence-electron chi connectivity index (χ1n) is 13.8. The minimum Gasteiger partial charge on any atom is -0.506 e. The summed E-state index contributed by atoms with van der Waals surface area (Å²) >= 11 is 0. The summed E-state index contributed by atoms with van der Waals surface area (Å²) < 4.78 is 0. The van der Waals surface area contributed by atoms with E-state index in [0.29, 0.717) is 33.4 Å². The summed E-state index contributed by atoms with van der Waals surface area (Å²) in [5.41, 5.74) is 2.69. The maximum Gasteiger partial charge on any atom is 0.199 e. The van der Waals surface area contributed by atoms with E-state index in [-0.39, 0.29) is 0 Å². The molecule has 4 nitrogen and oxygen atoms in total. The number of hydrogen-bond donors (Lipinski definition) is 4. The van der Waals surface area contributed by atoms with Gasteiger partial charge in [0.1, 0.15) is 0 Å². The minimum absolute atomic E-state index is 0.300. The predicted octanol–water partition coefficient (Wildman–Crippen LogP) is 8.47. The second-order valence-electron chi connectivity index (χ2n) is 10.3.